The Morgan fingerprint density at radius 2 is 2.10 bits per heavy atom. The first-order chi connectivity index (χ1) is 9.63. The molecule has 0 aromatic heterocycles. The SMILES string of the molecule is Nc1cccc2c1CN(Cc1ccc(F)c(Cl)c1)CC2. The van der Waals surface area contributed by atoms with Gasteiger partial charge in [0.1, 0.15) is 5.82 Å². The molecule has 0 saturated heterocycles. The van der Waals surface area contributed by atoms with Crippen LogP contribution in [0.4, 0.5) is 10.1 Å². The highest BCUT2D eigenvalue weighted by molar-refractivity contribution is 6.30. The Morgan fingerprint density at radius 3 is 2.90 bits per heavy atom. The Bertz CT molecular complexity index is 642. The molecule has 0 fully saturated rings. The van der Waals surface area contributed by atoms with Gasteiger partial charge < -0.3 is 5.73 Å². The first-order valence-electron chi connectivity index (χ1n) is 6.66. The quantitative estimate of drug-likeness (QED) is 0.856. The van der Waals surface area contributed by atoms with E-state index in [0.717, 1.165) is 37.3 Å². The number of anilines is 1. The normalized spacial score (nSPS) is 15.1. The van der Waals surface area contributed by atoms with Crippen LogP contribution in [0, 0.1) is 5.82 Å². The van der Waals surface area contributed by atoms with Gasteiger partial charge in [0.15, 0.2) is 0 Å². The van der Waals surface area contributed by atoms with Crippen molar-refractivity contribution in [1.82, 2.24) is 4.90 Å². The van der Waals surface area contributed by atoms with E-state index in [-0.39, 0.29) is 10.8 Å². The molecule has 2 aromatic rings. The minimum Gasteiger partial charge on any atom is -0.398 e. The van der Waals surface area contributed by atoms with Crippen LogP contribution in [0.2, 0.25) is 5.02 Å². The summed E-state index contributed by atoms with van der Waals surface area (Å²) >= 11 is 5.82. The van der Waals surface area contributed by atoms with Crippen molar-refractivity contribution in [1.29, 1.82) is 0 Å². The maximum atomic E-state index is 13.2. The van der Waals surface area contributed by atoms with E-state index >= 15 is 0 Å². The van der Waals surface area contributed by atoms with Crippen LogP contribution in [0.3, 0.4) is 0 Å². The van der Waals surface area contributed by atoms with Crippen molar-refractivity contribution in [3.8, 4) is 0 Å². The molecule has 2 aromatic carbocycles. The number of halogens is 2. The summed E-state index contributed by atoms with van der Waals surface area (Å²) in [7, 11) is 0. The lowest BCUT2D eigenvalue weighted by molar-refractivity contribution is 0.246. The van der Waals surface area contributed by atoms with E-state index in [9.17, 15) is 4.39 Å². The van der Waals surface area contributed by atoms with Crippen LogP contribution in [0.5, 0.6) is 0 Å². The number of nitrogens with two attached hydrogens (primary N) is 1. The predicted octanol–water partition coefficient (Wildman–Crippen LogP) is 3.62. The Balaban J connectivity index is 1.77. The van der Waals surface area contributed by atoms with Gasteiger partial charge in [-0.2, -0.15) is 0 Å². The zero-order valence-corrected chi connectivity index (χ0v) is 11.8. The predicted molar refractivity (Wildman–Crippen MR) is 80.1 cm³/mol. The molecule has 1 aliphatic rings. The maximum Gasteiger partial charge on any atom is 0.141 e. The van der Waals surface area contributed by atoms with Crippen LogP contribution in [0.25, 0.3) is 0 Å². The summed E-state index contributed by atoms with van der Waals surface area (Å²) in [5.41, 5.74) is 10.5. The van der Waals surface area contributed by atoms with Crippen LogP contribution in [0.15, 0.2) is 36.4 Å². The van der Waals surface area contributed by atoms with Gasteiger partial charge in [-0.25, -0.2) is 4.39 Å². The summed E-state index contributed by atoms with van der Waals surface area (Å²) in [5.74, 6) is -0.372. The van der Waals surface area contributed by atoms with E-state index in [1.54, 1.807) is 12.1 Å². The summed E-state index contributed by atoms with van der Waals surface area (Å²) in [4.78, 5) is 2.31. The molecular formula is C16H16ClFN2. The van der Waals surface area contributed by atoms with Gasteiger partial charge in [0, 0.05) is 25.3 Å². The Labute approximate surface area is 123 Å². The second-order valence-electron chi connectivity index (χ2n) is 5.19. The molecule has 2 N–H and O–H groups in total. The van der Waals surface area contributed by atoms with Crippen LogP contribution < -0.4 is 5.73 Å². The third kappa shape index (κ3) is 2.65. The molecule has 0 radical (unpaired) electrons. The molecule has 1 heterocycles. The first-order valence-corrected chi connectivity index (χ1v) is 7.04. The van der Waals surface area contributed by atoms with E-state index in [1.807, 2.05) is 12.1 Å². The van der Waals surface area contributed by atoms with Crippen molar-refractivity contribution in [2.45, 2.75) is 19.5 Å². The van der Waals surface area contributed by atoms with Crippen molar-refractivity contribution in [3.63, 3.8) is 0 Å². The first kappa shape index (κ1) is 13.4. The zero-order chi connectivity index (χ0) is 14.1. The summed E-state index contributed by atoms with van der Waals surface area (Å²) in [6, 6.07) is 11.0. The Morgan fingerprint density at radius 1 is 1.25 bits per heavy atom. The van der Waals surface area contributed by atoms with E-state index in [4.69, 9.17) is 17.3 Å². The van der Waals surface area contributed by atoms with E-state index in [1.165, 1.54) is 17.2 Å². The van der Waals surface area contributed by atoms with Crippen molar-refractivity contribution < 1.29 is 4.39 Å². The van der Waals surface area contributed by atoms with E-state index < -0.39 is 0 Å². The summed E-state index contributed by atoms with van der Waals surface area (Å²) < 4.78 is 13.2. The van der Waals surface area contributed by atoms with Gasteiger partial charge in [-0.15, -0.1) is 0 Å². The van der Waals surface area contributed by atoms with Gasteiger partial charge in [0.2, 0.25) is 0 Å². The number of hydrogen-bond acceptors (Lipinski definition) is 2. The summed E-state index contributed by atoms with van der Waals surface area (Å²) in [6.45, 7) is 2.57. The van der Waals surface area contributed by atoms with Crippen molar-refractivity contribution in [2.75, 3.05) is 12.3 Å². The van der Waals surface area contributed by atoms with Gasteiger partial charge in [-0.1, -0.05) is 29.8 Å². The lowest BCUT2D eigenvalue weighted by Gasteiger charge is -2.29. The number of nitrogens with zero attached hydrogens (tertiary/aromatic N) is 1. The minimum absolute atomic E-state index is 0.180. The van der Waals surface area contributed by atoms with Crippen molar-refractivity contribution in [2.24, 2.45) is 0 Å². The molecular weight excluding hydrogens is 275 g/mol. The monoisotopic (exact) mass is 290 g/mol. The molecule has 104 valence electrons. The molecule has 2 nitrogen and oxygen atoms in total. The average molecular weight is 291 g/mol. The maximum absolute atomic E-state index is 13.2. The largest absolute Gasteiger partial charge is 0.398 e. The highest BCUT2D eigenvalue weighted by Crippen LogP contribution is 2.26. The number of nitrogen functional groups attached to an aromatic ring is 1. The molecule has 0 spiro atoms. The topological polar surface area (TPSA) is 29.3 Å². The lowest BCUT2D eigenvalue weighted by Crippen LogP contribution is -2.30. The molecule has 1 aliphatic heterocycles. The summed E-state index contributed by atoms with van der Waals surface area (Å²) in [6.07, 6.45) is 0.995. The zero-order valence-electron chi connectivity index (χ0n) is 11.1. The van der Waals surface area contributed by atoms with Crippen molar-refractivity contribution in [3.05, 3.63) is 63.9 Å². The van der Waals surface area contributed by atoms with Gasteiger partial charge in [0.25, 0.3) is 0 Å². The fourth-order valence-electron chi connectivity index (χ4n) is 2.69. The molecule has 4 heteroatoms. The van der Waals surface area contributed by atoms with Crippen LogP contribution in [-0.4, -0.2) is 11.4 Å². The molecule has 0 bridgehead atoms. The Kier molecular flexibility index (Phi) is 3.64. The van der Waals surface area contributed by atoms with E-state index in [0.29, 0.717) is 0 Å². The van der Waals surface area contributed by atoms with E-state index in [2.05, 4.69) is 11.0 Å². The number of hydrogen-bond donors (Lipinski definition) is 1. The van der Waals surface area contributed by atoms with Crippen LogP contribution >= 0.6 is 11.6 Å². The summed E-state index contributed by atoms with van der Waals surface area (Å²) in [5, 5.41) is 0.180. The molecule has 0 aliphatic carbocycles. The van der Waals surface area contributed by atoms with Gasteiger partial charge in [0.05, 0.1) is 5.02 Å². The second-order valence-corrected chi connectivity index (χ2v) is 5.60. The number of fused-ring (bicyclic) bond motifs is 1. The average Bonchev–Trinajstić information content (AvgIpc) is 2.44. The van der Waals surface area contributed by atoms with Gasteiger partial charge >= 0.3 is 0 Å². The smallest absolute Gasteiger partial charge is 0.141 e. The minimum atomic E-state index is -0.372. The van der Waals surface area contributed by atoms with Crippen LogP contribution in [-0.2, 0) is 19.5 Å². The number of benzene rings is 2. The van der Waals surface area contributed by atoms with Gasteiger partial charge in [-0.05, 0) is 41.3 Å². The number of rotatable bonds is 2. The molecule has 3 rings (SSSR count). The highest BCUT2D eigenvalue weighted by atomic mass is 35.5. The molecule has 0 amide bonds. The van der Waals surface area contributed by atoms with Crippen molar-refractivity contribution >= 4 is 17.3 Å². The third-order valence-corrected chi connectivity index (χ3v) is 4.07. The fraction of sp³-hybridized carbons (Fsp3) is 0.250. The molecule has 20 heavy (non-hydrogen) atoms. The highest BCUT2D eigenvalue weighted by Gasteiger charge is 2.18. The second kappa shape index (κ2) is 5.43. The molecule has 0 atom stereocenters. The lowest BCUT2D eigenvalue weighted by atomic mass is 9.98. The Hall–Kier alpha value is -1.58. The third-order valence-electron chi connectivity index (χ3n) is 3.78. The molecule has 0 unspecified atom stereocenters. The van der Waals surface area contributed by atoms with Gasteiger partial charge in [-0.3, -0.25) is 4.90 Å². The fourth-order valence-corrected chi connectivity index (χ4v) is 2.90. The molecule has 0 saturated carbocycles. The standard InChI is InChI=1S/C16H16ClFN2/c17-14-8-11(4-5-15(14)18)9-20-7-6-12-2-1-3-16(19)13(12)10-20/h1-5,8H,6-7,9-10,19H2. The van der Waals surface area contributed by atoms with Crippen LogP contribution in [0.1, 0.15) is 16.7 Å².